The number of thiazole rings is 1. The normalized spacial score (nSPS) is 17.2. The summed E-state index contributed by atoms with van der Waals surface area (Å²) in [5.74, 6) is 0.328. The molecular weight excluding hydrogens is 490 g/mol. The van der Waals surface area contributed by atoms with Gasteiger partial charge in [0.15, 0.2) is 13.4 Å². The lowest BCUT2D eigenvalue weighted by Crippen LogP contribution is -2.52. The van der Waals surface area contributed by atoms with Crippen LogP contribution in [0.1, 0.15) is 54.0 Å². The van der Waals surface area contributed by atoms with E-state index < -0.39 is 14.4 Å². The maximum atomic E-state index is 13.3. The van der Waals surface area contributed by atoms with Crippen molar-refractivity contribution in [3.63, 3.8) is 0 Å². The average molecular weight is 524 g/mol. The zero-order valence-electron chi connectivity index (χ0n) is 21.7. The molecule has 2 amide bonds. The Bertz CT molecular complexity index is 1310. The van der Waals surface area contributed by atoms with Gasteiger partial charge in [0.2, 0.25) is 0 Å². The summed E-state index contributed by atoms with van der Waals surface area (Å²) in [5, 5.41) is 4.29. The van der Waals surface area contributed by atoms with Crippen LogP contribution in [0.25, 0.3) is 10.2 Å². The van der Waals surface area contributed by atoms with E-state index in [0.29, 0.717) is 24.3 Å². The lowest BCUT2D eigenvalue weighted by atomic mass is 10.1. The number of anilines is 1. The second-order valence-electron chi connectivity index (χ2n) is 11.1. The maximum absolute atomic E-state index is 13.3. The van der Waals surface area contributed by atoms with Gasteiger partial charge in [-0.15, -0.1) is 0 Å². The fourth-order valence-corrected chi connectivity index (χ4v) is 6.38. The average Bonchev–Trinajstić information content (AvgIpc) is 3.52. The smallest absolute Gasteiger partial charge is 0.261 e. The molecule has 1 N–H and O–H groups in total. The lowest BCUT2D eigenvalue weighted by Gasteiger charge is -2.39. The summed E-state index contributed by atoms with van der Waals surface area (Å²) in [6, 6.07) is 10.4. The van der Waals surface area contributed by atoms with Crippen molar-refractivity contribution in [1.82, 2.24) is 9.88 Å². The van der Waals surface area contributed by atoms with E-state index in [1.54, 1.807) is 35.6 Å². The fraction of sp³-hybridized carbons (Fsp3) is 0.444. The molecule has 0 bridgehead atoms. The number of carbonyl (C=O) groups is 2. The molecule has 36 heavy (non-hydrogen) atoms. The van der Waals surface area contributed by atoms with Crippen molar-refractivity contribution >= 4 is 46.8 Å². The third-order valence-electron chi connectivity index (χ3n) is 7.77. The van der Waals surface area contributed by atoms with Gasteiger partial charge in [0.1, 0.15) is 11.3 Å². The summed E-state index contributed by atoms with van der Waals surface area (Å²) >= 11 is 1.54. The van der Waals surface area contributed by atoms with Crippen LogP contribution in [0, 0.1) is 0 Å². The number of carbonyl (C=O) groups excluding carboxylic acids is 2. The number of amides is 2. The Morgan fingerprint density at radius 3 is 2.44 bits per heavy atom. The number of nitrogens with zero attached hydrogens (tertiary/aromatic N) is 2. The van der Waals surface area contributed by atoms with Crippen LogP contribution in [0.2, 0.25) is 18.1 Å². The van der Waals surface area contributed by atoms with Crippen LogP contribution in [0.3, 0.4) is 0 Å². The standard InChI is InChI=1S/C27H33N3O4SSi/c1-16(30-24(31)18-9-7-8-10-19(18)25(30)32)20(15-34-36(5,6)27(2,3)4)28-26-29-22-21(35-26)12-11-17-13-14-33-23(17)22/h7-12,16,20H,13-15H2,1-6H3,(H,28,29)/t16-,20+/m0/s1. The van der Waals surface area contributed by atoms with Gasteiger partial charge in [0, 0.05) is 6.42 Å². The Labute approximate surface area is 216 Å². The highest BCUT2D eigenvalue weighted by Gasteiger charge is 2.43. The number of aromatic nitrogens is 1. The summed E-state index contributed by atoms with van der Waals surface area (Å²) in [6.07, 6.45) is 0.894. The zero-order chi connectivity index (χ0) is 25.8. The van der Waals surface area contributed by atoms with Crippen molar-refractivity contribution in [2.45, 2.75) is 64.3 Å². The van der Waals surface area contributed by atoms with Crippen molar-refractivity contribution in [3.05, 3.63) is 53.1 Å². The SMILES string of the molecule is C[C@@H]([C@@H](CO[Si](C)(C)C(C)(C)C)Nc1nc2c3c(ccc2s1)CCO3)N1C(=O)c2ccccc2C1=O. The summed E-state index contributed by atoms with van der Waals surface area (Å²) in [6.45, 7) is 13.9. The summed E-state index contributed by atoms with van der Waals surface area (Å²) in [4.78, 5) is 32.7. The molecule has 5 rings (SSSR count). The van der Waals surface area contributed by atoms with Gasteiger partial charge in [-0.05, 0) is 48.8 Å². The van der Waals surface area contributed by atoms with E-state index in [2.05, 4.69) is 51.3 Å². The van der Waals surface area contributed by atoms with Crippen molar-refractivity contribution in [3.8, 4) is 5.75 Å². The molecular formula is C27H33N3O4SSi. The van der Waals surface area contributed by atoms with E-state index in [4.69, 9.17) is 14.1 Å². The summed E-state index contributed by atoms with van der Waals surface area (Å²) < 4.78 is 13.5. The number of ether oxygens (including phenoxy) is 1. The van der Waals surface area contributed by atoms with Crippen LogP contribution in [0.15, 0.2) is 36.4 Å². The predicted octanol–water partition coefficient (Wildman–Crippen LogP) is 5.72. The van der Waals surface area contributed by atoms with E-state index in [1.807, 2.05) is 6.92 Å². The lowest BCUT2D eigenvalue weighted by molar-refractivity contribution is 0.0565. The van der Waals surface area contributed by atoms with E-state index >= 15 is 0 Å². The molecule has 0 radical (unpaired) electrons. The second-order valence-corrected chi connectivity index (χ2v) is 16.9. The van der Waals surface area contributed by atoms with E-state index in [-0.39, 0.29) is 22.9 Å². The Kier molecular flexibility index (Phi) is 6.21. The number of fused-ring (bicyclic) bond motifs is 4. The minimum atomic E-state index is -2.08. The molecule has 0 fully saturated rings. The van der Waals surface area contributed by atoms with Crippen LogP contribution < -0.4 is 10.1 Å². The number of imide groups is 1. The highest BCUT2D eigenvalue weighted by molar-refractivity contribution is 7.22. The largest absolute Gasteiger partial charge is 0.491 e. The molecule has 9 heteroatoms. The monoisotopic (exact) mass is 523 g/mol. The fourth-order valence-electron chi connectivity index (χ4n) is 4.43. The van der Waals surface area contributed by atoms with Crippen LogP contribution >= 0.6 is 11.3 Å². The molecule has 0 saturated heterocycles. The Balaban J connectivity index is 1.45. The molecule has 1 aromatic heterocycles. The third-order valence-corrected chi connectivity index (χ3v) is 13.2. The molecule has 0 saturated carbocycles. The van der Waals surface area contributed by atoms with E-state index in [0.717, 1.165) is 27.5 Å². The minimum absolute atomic E-state index is 0.0318. The Morgan fingerprint density at radius 1 is 1.14 bits per heavy atom. The van der Waals surface area contributed by atoms with Crippen molar-refractivity contribution in [1.29, 1.82) is 0 Å². The van der Waals surface area contributed by atoms with E-state index in [9.17, 15) is 9.59 Å². The predicted molar refractivity (Wildman–Crippen MR) is 146 cm³/mol. The van der Waals surface area contributed by atoms with Crippen LogP contribution in [-0.2, 0) is 10.8 Å². The molecule has 2 atom stereocenters. The van der Waals surface area contributed by atoms with Crippen molar-refractivity contribution in [2.24, 2.45) is 0 Å². The van der Waals surface area contributed by atoms with Gasteiger partial charge in [-0.25, -0.2) is 4.98 Å². The van der Waals surface area contributed by atoms with Gasteiger partial charge >= 0.3 is 0 Å². The third kappa shape index (κ3) is 4.23. The molecule has 7 nitrogen and oxygen atoms in total. The first-order valence-corrected chi connectivity index (χ1v) is 16.1. The minimum Gasteiger partial charge on any atom is -0.491 e. The molecule has 2 aromatic carbocycles. The zero-order valence-corrected chi connectivity index (χ0v) is 23.5. The summed E-state index contributed by atoms with van der Waals surface area (Å²) in [5.41, 5.74) is 2.93. The highest BCUT2D eigenvalue weighted by Crippen LogP contribution is 2.39. The molecule has 2 aliphatic rings. The number of hydrogen-bond acceptors (Lipinski definition) is 7. The van der Waals surface area contributed by atoms with Gasteiger partial charge < -0.3 is 14.5 Å². The van der Waals surface area contributed by atoms with Crippen molar-refractivity contribution < 1.29 is 18.8 Å². The molecule has 0 spiro atoms. The second kappa shape index (κ2) is 8.97. The molecule has 2 aliphatic heterocycles. The topological polar surface area (TPSA) is 80.8 Å². The first-order chi connectivity index (χ1) is 17.0. The highest BCUT2D eigenvalue weighted by atomic mass is 32.1. The number of benzene rings is 2. The van der Waals surface area contributed by atoms with Crippen LogP contribution in [-0.4, -0.2) is 55.3 Å². The van der Waals surface area contributed by atoms with Crippen LogP contribution in [0.5, 0.6) is 5.75 Å². The quantitative estimate of drug-likeness (QED) is 0.315. The number of hydrogen-bond donors (Lipinski definition) is 1. The molecule has 0 unspecified atom stereocenters. The molecule has 3 heterocycles. The number of nitrogens with one attached hydrogen (secondary N) is 1. The Morgan fingerprint density at radius 2 is 1.81 bits per heavy atom. The van der Waals surface area contributed by atoms with Gasteiger partial charge in [-0.1, -0.05) is 50.3 Å². The van der Waals surface area contributed by atoms with Gasteiger partial charge in [-0.2, -0.15) is 0 Å². The summed E-state index contributed by atoms with van der Waals surface area (Å²) in [7, 11) is -2.08. The van der Waals surface area contributed by atoms with Gasteiger partial charge in [0.05, 0.1) is 41.1 Å². The van der Waals surface area contributed by atoms with Gasteiger partial charge in [0.25, 0.3) is 11.8 Å². The van der Waals surface area contributed by atoms with Crippen LogP contribution in [0.4, 0.5) is 5.13 Å². The number of rotatable bonds is 7. The Hall–Kier alpha value is -2.75. The first-order valence-electron chi connectivity index (χ1n) is 12.4. The molecule has 190 valence electrons. The van der Waals surface area contributed by atoms with Gasteiger partial charge in [-0.3, -0.25) is 14.5 Å². The van der Waals surface area contributed by atoms with Crippen molar-refractivity contribution in [2.75, 3.05) is 18.5 Å². The maximum Gasteiger partial charge on any atom is 0.261 e. The molecule has 0 aliphatic carbocycles. The first kappa shape index (κ1) is 24.9. The van der Waals surface area contributed by atoms with E-state index in [1.165, 1.54) is 10.5 Å². The molecule has 3 aromatic rings.